The molecule has 1 fully saturated rings. The van der Waals surface area contributed by atoms with Crippen molar-refractivity contribution < 1.29 is 9.90 Å². The predicted octanol–water partition coefficient (Wildman–Crippen LogP) is 1.80. The summed E-state index contributed by atoms with van der Waals surface area (Å²) in [7, 11) is 6.01. The normalized spacial score (nSPS) is 19.1. The number of nitrogens with zero attached hydrogens (tertiary/aromatic N) is 2. The number of anilines is 1. The molecule has 4 heteroatoms. The molecule has 1 aliphatic heterocycles. The van der Waals surface area contributed by atoms with Crippen LogP contribution in [0.1, 0.15) is 18.4 Å². The molecule has 1 aliphatic rings. The smallest absolute Gasteiger partial charge is 0.314 e. The summed E-state index contributed by atoms with van der Waals surface area (Å²) in [6.07, 6.45) is 1.36. The van der Waals surface area contributed by atoms with Gasteiger partial charge < -0.3 is 14.9 Å². The van der Waals surface area contributed by atoms with Crippen LogP contribution in [0.15, 0.2) is 24.3 Å². The van der Waals surface area contributed by atoms with E-state index < -0.39 is 11.4 Å². The summed E-state index contributed by atoms with van der Waals surface area (Å²) in [5, 5.41) is 9.68. The molecule has 1 aromatic rings. The Kier molecular flexibility index (Phi) is 3.80. The third-order valence-electron chi connectivity index (χ3n) is 4.19. The Bertz CT molecular complexity index is 446. The molecule has 1 heterocycles. The Hall–Kier alpha value is -1.55. The second kappa shape index (κ2) is 5.21. The number of hydrogen-bond acceptors (Lipinski definition) is 3. The number of hydrogen-bond donors (Lipinski definition) is 1. The SMILES string of the molecule is CN1CCC(C(=O)O)(c2ccc(N(C)C)cc2)CC1. The van der Waals surface area contributed by atoms with Gasteiger partial charge in [0.15, 0.2) is 0 Å². The van der Waals surface area contributed by atoms with E-state index in [1.54, 1.807) is 0 Å². The van der Waals surface area contributed by atoms with Crippen molar-refractivity contribution in [2.24, 2.45) is 0 Å². The number of aliphatic carboxylic acids is 1. The second-order valence-corrected chi connectivity index (χ2v) is 5.63. The van der Waals surface area contributed by atoms with Crippen LogP contribution >= 0.6 is 0 Å². The van der Waals surface area contributed by atoms with E-state index in [-0.39, 0.29) is 0 Å². The molecule has 0 aliphatic carbocycles. The molecule has 0 bridgehead atoms. The zero-order chi connectivity index (χ0) is 14.0. The Morgan fingerprint density at radius 2 is 1.74 bits per heavy atom. The molecule has 0 saturated carbocycles. The van der Waals surface area contributed by atoms with E-state index in [1.807, 2.05) is 50.3 Å². The van der Waals surface area contributed by atoms with Gasteiger partial charge in [-0.05, 0) is 50.7 Å². The second-order valence-electron chi connectivity index (χ2n) is 5.63. The minimum absolute atomic E-state index is 0.681. The number of rotatable bonds is 3. The molecule has 0 unspecified atom stereocenters. The monoisotopic (exact) mass is 262 g/mol. The number of carboxylic acids is 1. The van der Waals surface area contributed by atoms with Crippen molar-refractivity contribution in [1.82, 2.24) is 4.90 Å². The van der Waals surface area contributed by atoms with E-state index in [2.05, 4.69) is 4.90 Å². The fourth-order valence-corrected chi connectivity index (χ4v) is 2.70. The highest BCUT2D eigenvalue weighted by Gasteiger charge is 2.42. The average Bonchev–Trinajstić information content (AvgIpc) is 2.39. The van der Waals surface area contributed by atoms with Crippen molar-refractivity contribution in [3.05, 3.63) is 29.8 Å². The van der Waals surface area contributed by atoms with Crippen LogP contribution in [0.5, 0.6) is 0 Å². The lowest BCUT2D eigenvalue weighted by Gasteiger charge is -2.37. The highest BCUT2D eigenvalue weighted by Crippen LogP contribution is 2.36. The van der Waals surface area contributed by atoms with Gasteiger partial charge >= 0.3 is 5.97 Å². The first kappa shape index (κ1) is 13.9. The summed E-state index contributed by atoms with van der Waals surface area (Å²) < 4.78 is 0. The maximum atomic E-state index is 11.8. The number of benzene rings is 1. The molecule has 0 aromatic heterocycles. The van der Waals surface area contributed by atoms with E-state index in [0.29, 0.717) is 12.8 Å². The number of likely N-dealkylation sites (tertiary alicyclic amines) is 1. The Morgan fingerprint density at radius 1 is 1.21 bits per heavy atom. The molecular formula is C15H22N2O2. The van der Waals surface area contributed by atoms with Crippen molar-refractivity contribution >= 4 is 11.7 Å². The van der Waals surface area contributed by atoms with Crippen LogP contribution in [0, 0.1) is 0 Å². The molecular weight excluding hydrogens is 240 g/mol. The van der Waals surface area contributed by atoms with Crippen molar-refractivity contribution in [2.45, 2.75) is 18.3 Å². The topological polar surface area (TPSA) is 43.8 Å². The van der Waals surface area contributed by atoms with Gasteiger partial charge in [-0.3, -0.25) is 4.79 Å². The van der Waals surface area contributed by atoms with Crippen LogP contribution in [-0.2, 0) is 10.2 Å². The van der Waals surface area contributed by atoms with Crippen LogP contribution in [-0.4, -0.2) is 50.2 Å². The minimum atomic E-state index is -0.711. The number of carbonyl (C=O) groups is 1. The first-order valence-electron chi connectivity index (χ1n) is 6.65. The highest BCUT2D eigenvalue weighted by atomic mass is 16.4. The van der Waals surface area contributed by atoms with Gasteiger partial charge in [0, 0.05) is 19.8 Å². The first-order valence-corrected chi connectivity index (χ1v) is 6.65. The summed E-state index contributed by atoms with van der Waals surface area (Å²) in [6, 6.07) is 7.93. The Balaban J connectivity index is 2.32. The van der Waals surface area contributed by atoms with Crippen molar-refractivity contribution in [3.8, 4) is 0 Å². The molecule has 1 N–H and O–H groups in total. The van der Waals surface area contributed by atoms with E-state index >= 15 is 0 Å². The summed E-state index contributed by atoms with van der Waals surface area (Å²) in [5.41, 5.74) is 1.31. The molecule has 0 spiro atoms. The first-order chi connectivity index (χ1) is 8.95. The van der Waals surface area contributed by atoms with Crippen LogP contribution in [0.3, 0.4) is 0 Å². The van der Waals surface area contributed by atoms with E-state index in [4.69, 9.17) is 0 Å². The van der Waals surface area contributed by atoms with Gasteiger partial charge in [0.25, 0.3) is 0 Å². The third kappa shape index (κ3) is 2.59. The standard InChI is InChI=1S/C15H22N2O2/c1-16(2)13-6-4-12(5-7-13)15(14(18)19)8-10-17(3)11-9-15/h4-7H,8-11H2,1-3H3,(H,18,19). The van der Waals surface area contributed by atoms with Gasteiger partial charge in [-0.15, -0.1) is 0 Å². The lowest BCUT2D eigenvalue weighted by molar-refractivity contribution is -0.145. The van der Waals surface area contributed by atoms with E-state index in [1.165, 1.54) is 0 Å². The van der Waals surface area contributed by atoms with Gasteiger partial charge in [0.1, 0.15) is 0 Å². The molecule has 0 atom stereocenters. The van der Waals surface area contributed by atoms with Crippen LogP contribution in [0.2, 0.25) is 0 Å². The molecule has 1 saturated heterocycles. The van der Waals surface area contributed by atoms with Crippen LogP contribution in [0.25, 0.3) is 0 Å². The van der Waals surface area contributed by atoms with Crippen LogP contribution < -0.4 is 4.90 Å². The maximum Gasteiger partial charge on any atom is 0.314 e. The predicted molar refractivity (Wildman–Crippen MR) is 76.8 cm³/mol. The molecule has 19 heavy (non-hydrogen) atoms. The number of carboxylic acid groups (broad SMARTS) is 1. The zero-order valence-electron chi connectivity index (χ0n) is 11.9. The largest absolute Gasteiger partial charge is 0.481 e. The zero-order valence-corrected chi connectivity index (χ0v) is 11.9. The quantitative estimate of drug-likeness (QED) is 0.902. The maximum absolute atomic E-state index is 11.8. The van der Waals surface area contributed by atoms with Crippen LogP contribution in [0.4, 0.5) is 5.69 Å². The minimum Gasteiger partial charge on any atom is -0.481 e. The van der Waals surface area contributed by atoms with Crippen molar-refractivity contribution in [1.29, 1.82) is 0 Å². The Labute approximate surface area is 114 Å². The van der Waals surface area contributed by atoms with E-state index in [9.17, 15) is 9.90 Å². The lowest BCUT2D eigenvalue weighted by atomic mass is 9.73. The van der Waals surface area contributed by atoms with Gasteiger partial charge in [0.05, 0.1) is 5.41 Å². The molecule has 1 aromatic carbocycles. The summed E-state index contributed by atoms with van der Waals surface area (Å²) in [4.78, 5) is 16.0. The van der Waals surface area contributed by atoms with Crippen molar-refractivity contribution in [2.75, 3.05) is 39.1 Å². The van der Waals surface area contributed by atoms with Gasteiger partial charge in [-0.1, -0.05) is 12.1 Å². The summed E-state index contributed by atoms with van der Waals surface area (Å²) in [6.45, 7) is 1.67. The Morgan fingerprint density at radius 3 is 2.16 bits per heavy atom. The van der Waals surface area contributed by atoms with Gasteiger partial charge in [-0.25, -0.2) is 0 Å². The van der Waals surface area contributed by atoms with Gasteiger partial charge in [0.2, 0.25) is 0 Å². The van der Waals surface area contributed by atoms with Crippen molar-refractivity contribution in [3.63, 3.8) is 0 Å². The molecule has 104 valence electrons. The van der Waals surface area contributed by atoms with E-state index in [0.717, 1.165) is 24.3 Å². The average molecular weight is 262 g/mol. The summed E-state index contributed by atoms with van der Waals surface area (Å²) in [5.74, 6) is -0.696. The lowest BCUT2D eigenvalue weighted by Crippen LogP contribution is -2.46. The highest BCUT2D eigenvalue weighted by molar-refractivity contribution is 5.81. The molecule has 4 nitrogen and oxygen atoms in total. The van der Waals surface area contributed by atoms with Gasteiger partial charge in [-0.2, -0.15) is 0 Å². The molecule has 0 amide bonds. The summed E-state index contributed by atoms with van der Waals surface area (Å²) >= 11 is 0. The fourth-order valence-electron chi connectivity index (χ4n) is 2.70. The fraction of sp³-hybridized carbons (Fsp3) is 0.533. The molecule has 2 rings (SSSR count). The molecule has 0 radical (unpaired) electrons. The third-order valence-corrected chi connectivity index (χ3v) is 4.19. The number of piperidine rings is 1.